The second-order valence-corrected chi connectivity index (χ2v) is 3.71. The Morgan fingerprint density at radius 2 is 2.18 bits per heavy atom. The second kappa shape index (κ2) is 4.12. The first-order valence-electron chi connectivity index (χ1n) is 3.30. The molecule has 0 fully saturated rings. The van der Waals surface area contributed by atoms with Gasteiger partial charge in [-0.1, -0.05) is 22.0 Å². The molecule has 0 heterocycles. The molecule has 0 aliphatic heterocycles. The van der Waals surface area contributed by atoms with Gasteiger partial charge in [-0.15, -0.1) is 0 Å². The molecule has 1 aromatic rings. The number of halogens is 2. The van der Waals surface area contributed by atoms with Crippen LogP contribution in [-0.2, 0) is 0 Å². The van der Waals surface area contributed by atoms with Crippen LogP contribution in [0.1, 0.15) is 5.56 Å². The Balaban J connectivity index is 2.90. The van der Waals surface area contributed by atoms with Crippen molar-refractivity contribution in [1.82, 2.24) is 0 Å². The zero-order chi connectivity index (χ0) is 8.27. The van der Waals surface area contributed by atoms with Crippen molar-refractivity contribution in [1.29, 1.82) is 0 Å². The van der Waals surface area contributed by atoms with Crippen molar-refractivity contribution in [3.8, 4) is 0 Å². The summed E-state index contributed by atoms with van der Waals surface area (Å²) in [5.41, 5.74) is 3.15. The van der Waals surface area contributed by atoms with E-state index in [2.05, 4.69) is 62.3 Å². The summed E-state index contributed by atoms with van der Waals surface area (Å²) in [7, 11) is 0. The Hall–Kier alpha value is -0.0200. The van der Waals surface area contributed by atoms with E-state index < -0.39 is 0 Å². The van der Waals surface area contributed by atoms with E-state index in [1.165, 1.54) is 5.56 Å². The Labute approximate surface area is 83.4 Å². The molecule has 0 aromatic heterocycles. The van der Waals surface area contributed by atoms with Crippen LogP contribution >= 0.6 is 31.9 Å². The number of alkyl halides is 1. The van der Waals surface area contributed by atoms with E-state index >= 15 is 0 Å². The first-order chi connectivity index (χ1) is 5.24. The van der Waals surface area contributed by atoms with Crippen LogP contribution in [-0.4, -0.2) is 5.45 Å². The van der Waals surface area contributed by atoms with Crippen LogP contribution in [0.25, 0.3) is 0 Å². The number of aryl methyl sites for hydroxylation is 1. The molecule has 0 spiro atoms. The number of rotatable bonds is 2. The number of hydrogen-bond donors (Lipinski definition) is 1. The van der Waals surface area contributed by atoms with Crippen molar-refractivity contribution in [3.63, 3.8) is 0 Å². The van der Waals surface area contributed by atoms with Crippen molar-refractivity contribution in [2.75, 3.05) is 10.8 Å². The molecule has 0 amide bonds. The van der Waals surface area contributed by atoms with Crippen LogP contribution in [0.3, 0.4) is 0 Å². The quantitative estimate of drug-likeness (QED) is 0.645. The maximum atomic E-state index is 3.46. The lowest BCUT2D eigenvalue weighted by atomic mass is 10.2. The van der Waals surface area contributed by atoms with Gasteiger partial charge in [0.05, 0.1) is 5.45 Å². The topological polar surface area (TPSA) is 12.0 Å². The normalized spacial score (nSPS) is 9.73. The van der Waals surface area contributed by atoms with Gasteiger partial charge in [-0.25, -0.2) is 0 Å². The van der Waals surface area contributed by atoms with Gasteiger partial charge in [0.2, 0.25) is 0 Å². The van der Waals surface area contributed by atoms with E-state index in [1.54, 1.807) is 0 Å². The Morgan fingerprint density at radius 3 is 2.73 bits per heavy atom. The minimum Gasteiger partial charge on any atom is -0.374 e. The first kappa shape index (κ1) is 9.07. The predicted molar refractivity (Wildman–Crippen MR) is 56.3 cm³/mol. The summed E-state index contributed by atoms with van der Waals surface area (Å²) in [4.78, 5) is 0. The molecular formula is C8H9Br2N. The molecule has 1 rings (SSSR count). The van der Waals surface area contributed by atoms with E-state index in [0.29, 0.717) is 0 Å². The summed E-state index contributed by atoms with van der Waals surface area (Å²) in [6, 6.07) is 6.22. The molecule has 0 saturated carbocycles. The predicted octanol–water partition coefficient (Wildman–Crippen LogP) is 3.52. The number of benzene rings is 1. The van der Waals surface area contributed by atoms with E-state index in [-0.39, 0.29) is 0 Å². The maximum Gasteiger partial charge on any atom is 0.0707 e. The van der Waals surface area contributed by atoms with Gasteiger partial charge in [-0.3, -0.25) is 0 Å². The monoisotopic (exact) mass is 277 g/mol. The molecule has 1 N–H and O–H groups in total. The molecule has 0 bridgehead atoms. The summed E-state index contributed by atoms with van der Waals surface area (Å²) in [6.45, 7) is 2.07. The summed E-state index contributed by atoms with van der Waals surface area (Å²) in [5, 5.41) is 3.17. The van der Waals surface area contributed by atoms with Crippen LogP contribution in [0.2, 0.25) is 0 Å². The largest absolute Gasteiger partial charge is 0.374 e. The highest BCUT2D eigenvalue weighted by Gasteiger charge is 1.96. The minimum absolute atomic E-state index is 0.772. The van der Waals surface area contributed by atoms with Crippen molar-refractivity contribution in [2.24, 2.45) is 0 Å². The first-order valence-corrected chi connectivity index (χ1v) is 5.21. The Bertz CT molecular complexity index is 248. The van der Waals surface area contributed by atoms with Crippen molar-refractivity contribution >= 4 is 37.5 Å². The summed E-state index contributed by atoms with van der Waals surface area (Å²) < 4.78 is 1.11. The van der Waals surface area contributed by atoms with Gasteiger partial charge in [0.15, 0.2) is 0 Å². The van der Waals surface area contributed by atoms with Gasteiger partial charge in [-0.05, 0) is 40.5 Å². The van der Waals surface area contributed by atoms with Crippen molar-refractivity contribution < 1.29 is 0 Å². The third-order valence-electron chi connectivity index (χ3n) is 1.38. The van der Waals surface area contributed by atoms with Gasteiger partial charge in [0.25, 0.3) is 0 Å². The van der Waals surface area contributed by atoms with E-state index in [4.69, 9.17) is 0 Å². The van der Waals surface area contributed by atoms with Crippen LogP contribution in [0.5, 0.6) is 0 Å². The third-order valence-corrected chi connectivity index (χ3v) is 2.32. The molecule has 0 aliphatic rings. The molecule has 0 unspecified atom stereocenters. The van der Waals surface area contributed by atoms with Gasteiger partial charge in [0.1, 0.15) is 0 Å². The molecule has 60 valence electrons. The second-order valence-electron chi connectivity index (χ2n) is 2.29. The number of hydrogen-bond acceptors (Lipinski definition) is 1. The zero-order valence-corrected chi connectivity index (χ0v) is 9.37. The molecule has 3 heteroatoms. The van der Waals surface area contributed by atoms with Crippen LogP contribution in [0.4, 0.5) is 5.69 Å². The maximum absolute atomic E-state index is 3.46. The lowest BCUT2D eigenvalue weighted by Gasteiger charge is -2.05. The average molecular weight is 279 g/mol. The highest BCUT2D eigenvalue weighted by Crippen LogP contribution is 2.23. The fraction of sp³-hybridized carbons (Fsp3) is 0.250. The standard InChI is InChI=1S/C8H9Br2N/c1-6-2-3-8(11-5-9)7(10)4-6/h2-4,11H,5H2,1H3. The number of anilines is 1. The number of nitrogens with one attached hydrogen (secondary N) is 1. The average Bonchev–Trinajstić information content (AvgIpc) is 1.95. The third kappa shape index (κ3) is 2.49. The van der Waals surface area contributed by atoms with Crippen LogP contribution in [0.15, 0.2) is 22.7 Å². The molecule has 0 aliphatic carbocycles. The zero-order valence-electron chi connectivity index (χ0n) is 6.20. The van der Waals surface area contributed by atoms with Crippen LogP contribution < -0.4 is 5.32 Å². The highest BCUT2D eigenvalue weighted by atomic mass is 79.9. The molecule has 0 saturated heterocycles. The lowest BCUT2D eigenvalue weighted by molar-refractivity contribution is 1.40. The van der Waals surface area contributed by atoms with Crippen molar-refractivity contribution in [2.45, 2.75) is 6.92 Å². The Morgan fingerprint density at radius 1 is 1.45 bits per heavy atom. The van der Waals surface area contributed by atoms with E-state index in [1.807, 2.05) is 0 Å². The van der Waals surface area contributed by atoms with Gasteiger partial charge < -0.3 is 5.32 Å². The molecule has 1 aromatic carbocycles. The lowest BCUT2D eigenvalue weighted by Crippen LogP contribution is -1.94. The van der Waals surface area contributed by atoms with Crippen molar-refractivity contribution in [3.05, 3.63) is 28.2 Å². The van der Waals surface area contributed by atoms with Crippen LogP contribution in [0, 0.1) is 6.92 Å². The Kier molecular flexibility index (Phi) is 3.40. The summed E-state index contributed by atoms with van der Waals surface area (Å²) >= 11 is 6.77. The fourth-order valence-corrected chi connectivity index (χ4v) is 1.77. The fourth-order valence-electron chi connectivity index (χ4n) is 0.835. The summed E-state index contributed by atoms with van der Waals surface area (Å²) in [6.07, 6.45) is 0. The summed E-state index contributed by atoms with van der Waals surface area (Å²) in [5.74, 6) is 0. The smallest absolute Gasteiger partial charge is 0.0707 e. The molecule has 0 radical (unpaired) electrons. The highest BCUT2D eigenvalue weighted by molar-refractivity contribution is 9.10. The molecule has 1 nitrogen and oxygen atoms in total. The van der Waals surface area contributed by atoms with Gasteiger partial charge >= 0.3 is 0 Å². The van der Waals surface area contributed by atoms with Gasteiger partial charge in [-0.2, -0.15) is 0 Å². The minimum atomic E-state index is 0.772. The van der Waals surface area contributed by atoms with Gasteiger partial charge in [0, 0.05) is 10.2 Å². The molecule has 0 atom stereocenters. The SMILES string of the molecule is Cc1ccc(NCBr)c(Br)c1. The van der Waals surface area contributed by atoms with E-state index in [0.717, 1.165) is 15.6 Å². The van der Waals surface area contributed by atoms with E-state index in [9.17, 15) is 0 Å². The molecule has 11 heavy (non-hydrogen) atoms. The molecular weight excluding hydrogens is 270 g/mol.